The van der Waals surface area contributed by atoms with Crippen molar-refractivity contribution in [3.63, 3.8) is 0 Å². The molecule has 2 N–H and O–H groups in total. The van der Waals surface area contributed by atoms with Crippen LogP contribution in [0.25, 0.3) is 0 Å². The van der Waals surface area contributed by atoms with Gasteiger partial charge in [-0.05, 0) is 42.2 Å². The third kappa shape index (κ3) is 5.05. The summed E-state index contributed by atoms with van der Waals surface area (Å²) in [6.07, 6.45) is 5.87. The van der Waals surface area contributed by atoms with E-state index >= 15 is 0 Å². The number of hydrogen-bond acceptors (Lipinski definition) is 4. The quantitative estimate of drug-likeness (QED) is 0.662. The summed E-state index contributed by atoms with van der Waals surface area (Å²) in [5.41, 5.74) is 2.65. The fourth-order valence-electron chi connectivity index (χ4n) is 3.50. The summed E-state index contributed by atoms with van der Waals surface area (Å²) in [5, 5.41) is 5.66. The fraction of sp³-hybridized carbons (Fsp3) is 0.261. The van der Waals surface area contributed by atoms with Crippen LogP contribution in [0.15, 0.2) is 71.8 Å². The number of amides is 2. The molecule has 4 rings (SSSR count). The molecule has 0 atom stereocenters. The summed E-state index contributed by atoms with van der Waals surface area (Å²) in [6, 6.07) is 16.5. The first-order valence-corrected chi connectivity index (χ1v) is 10.2. The number of pyridine rings is 2. The number of urea groups is 1. The molecule has 0 bridgehead atoms. The molecule has 0 saturated carbocycles. The lowest BCUT2D eigenvalue weighted by Crippen LogP contribution is -2.28. The number of nitrogens with zero attached hydrogens (tertiary/aromatic N) is 3. The van der Waals surface area contributed by atoms with Gasteiger partial charge in [0.1, 0.15) is 5.82 Å². The molecular weight excluding hydrogens is 378 g/mol. The van der Waals surface area contributed by atoms with Crippen molar-refractivity contribution in [3.8, 4) is 0 Å². The molecule has 1 aliphatic rings. The molecule has 0 spiro atoms. The molecule has 2 aromatic heterocycles. The van der Waals surface area contributed by atoms with Crippen LogP contribution in [0.2, 0.25) is 0 Å². The van der Waals surface area contributed by atoms with Crippen LogP contribution in [0.4, 0.5) is 16.3 Å². The number of benzene rings is 1. The van der Waals surface area contributed by atoms with Crippen molar-refractivity contribution in [1.82, 2.24) is 14.9 Å². The fourth-order valence-corrected chi connectivity index (χ4v) is 3.50. The second-order valence-electron chi connectivity index (χ2n) is 7.39. The monoisotopic (exact) mass is 403 g/mol. The van der Waals surface area contributed by atoms with Gasteiger partial charge in [-0.25, -0.2) is 9.78 Å². The number of aromatic nitrogens is 2. The van der Waals surface area contributed by atoms with E-state index in [1.807, 2.05) is 42.5 Å². The maximum absolute atomic E-state index is 12.2. The van der Waals surface area contributed by atoms with E-state index in [1.165, 1.54) is 12.8 Å². The first kappa shape index (κ1) is 19.7. The molecule has 3 aromatic rings. The molecule has 1 aliphatic heterocycles. The molecule has 2 amide bonds. The third-order valence-corrected chi connectivity index (χ3v) is 5.16. The number of hydrogen-bond donors (Lipinski definition) is 2. The van der Waals surface area contributed by atoms with Crippen molar-refractivity contribution in [2.45, 2.75) is 25.9 Å². The Labute approximate surface area is 175 Å². The van der Waals surface area contributed by atoms with E-state index in [-0.39, 0.29) is 11.6 Å². The summed E-state index contributed by atoms with van der Waals surface area (Å²) in [4.78, 5) is 30.7. The van der Waals surface area contributed by atoms with Crippen molar-refractivity contribution < 1.29 is 4.79 Å². The Balaban J connectivity index is 1.26. The van der Waals surface area contributed by atoms with E-state index in [0.29, 0.717) is 18.8 Å². The van der Waals surface area contributed by atoms with Gasteiger partial charge in [0.15, 0.2) is 0 Å². The van der Waals surface area contributed by atoms with Gasteiger partial charge in [-0.1, -0.05) is 30.3 Å². The molecular formula is C23H25N5O2. The number of carbonyl (C=O) groups is 1. The van der Waals surface area contributed by atoms with Gasteiger partial charge < -0.3 is 20.1 Å². The predicted molar refractivity (Wildman–Crippen MR) is 118 cm³/mol. The van der Waals surface area contributed by atoms with Gasteiger partial charge in [-0.2, -0.15) is 0 Å². The average molecular weight is 403 g/mol. The smallest absolute Gasteiger partial charge is 0.319 e. The Hall–Kier alpha value is -3.61. The molecule has 7 heteroatoms. The van der Waals surface area contributed by atoms with Crippen LogP contribution in [0.5, 0.6) is 0 Å². The lowest BCUT2D eigenvalue weighted by atomic mass is 10.1. The second-order valence-corrected chi connectivity index (χ2v) is 7.39. The minimum Gasteiger partial charge on any atom is -0.357 e. The Morgan fingerprint density at radius 2 is 1.73 bits per heavy atom. The Morgan fingerprint density at radius 3 is 2.43 bits per heavy atom. The van der Waals surface area contributed by atoms with E-state index in [0.717, 1.165) is 30.0 Å². The van der Waals surface area contributed by atoms with E-state index in [2.05, 4.69) is 20.5 Å². The molecule has 0 radical (unpaired) electrons. The molecule has 1 saturated heterocycles. The molecule has 7 nitrogen and oxygen atoms in total. The summed E-state index contributed by atoms with van der Waals surface area (Å²) in [7, 11) is 0. The highest BCUT2D eigenvalue weighted by molar-refractivity contribution is 5.89. The topological polar surface area (TPSA) is 79.3 Å². The maximum atomic E-state index is 12.2. The number of carbonyl (C=O) groups excluding carboxylic acids is 1. The largest absolute Gasteiger partial charge is 0.357 e. The molecule has 154 valence electrons. The summed E-state index contributed by atoms with van der Waals surface area (Å²) >= 11 is 0. The van der Waals surface area contributed by atoms with Crippen molar-refractivity contribution in [3.05, 3.63) is 88.5 Å². The van der Waals surface area contributed by atoms with Crippen LogP contribution in [-0.4, -0.2) is 28.7 Å². The van der Waals surface area contributed by atoms with E-state index < -0.39 is 0 Å². The molecule has 0 unspecified atom stereocenters. The molecule has 30 heavy (non-hydrogen) atoms. The Kier molecular flexibility index (Phi) is 6.08. The van der Waals surface area contributed by atoms with Crippen LogP contribution < -0.4 is 21.1 Å². The number of anilines is 2. The second kappa shape index (κ2) is 9.26. The minimum absolute atomic E-state index is 0.0251. The summed E-state index contributed by atoms with van der Waals surface area (Å²) in [5.74, 6) is 0.955. The molecule has 1 aromatic carbocycles. The SMILES string of the molecule is O=C(NCc1ccc(Cn2ccccc2=O)cc1)Nc1ccc(N2CCCC2)nc1. The Morgan fingerprint density at radius 1 is 0.967 bits per heavy atom. The van der Waals surface area contributed by atoms with E-state index in [1.54, 1.807) is 29.1 Å². The van der Waals surface area contributed by atoms with Gasteiger partial charge in [-0.3, -0.25) is 4.79 Å². The first-order chi connectivity index (χ1) is 14.7. The van der Waals surface area contributed by atoms with Crippen molar-refractivity contribution in [1.29, 1.82) is 0 Å². The summed E-state index contributed by atoms with van der Waals surface area (Å²) in [6.45, 7) is 3.02. The zero-order chi connectivity index (χ0) is 20.8. The number of rotatable bonds is 6. The van der Waals surface area contributed by atoms with Gasteiger partial charge >= 0.3 is 6.03 Å². The lowest BCUT2D eigenvalue weighted by Gasteiger charge is -2.16. The molecule has 1 fully saturated rings. The number of nitrogens with one attached hydrogen (secondary N) is 2. The van der Waals surface area contributed by atoms with Gasteiger partial charge in [0, 0.05) is 31.9 Å². The highest BCUT2D eigenvalue weighted by atomic mass is 16.2. The van der Waals surface area contributed by atoms with Crippen LogP contribution >= 0.6 is 0 Å². The van der Waals surface area contributed by atoms with E-state index in [4.69, 9.17) is 0 Å². The predicted octanol–water partition coefficient (Wildman–Crippen LogP) is 3.21. The van der Waals surface area contributed by atoms with Crippen LogP contribution in [0.1, 0.15) is 24.0 Å². The van der Waals surface area contributed by atoms with Crippen LogP contribution in [0, 0.1) is 0 Å². The third-order valence-electron chi connectivity index (χ3n) is 5.16. The van der Waals surface area contributed by atoms with Gasteiger partial charge in [0.25, 0.3) is 5.56 Å². The van der Waals surface area contributed by atoms with Gasteiger partial charge in [-0.15, -0.1) is 0 Å². The lowest BCUT2D eigenvalue weighted by molar-refractivity contribution is 0.251. The molecule has 0 aliphatic carbocycles. The minimum atomic E-state index is -0.273. The Bertz CT molecular complexity index is 1040. The van der Waals surface area contributed by atoms with Crippen LogP contribution in [0.3, 0.4) is 0 Å². The van der Waals surface area contributed by atoms with Crippen molar-refractivity contribution >= 4 is 17.5 Å². The maximum Gasteiger partial charge on any atom is 0.319 e. The standard InChI is InChI=1S/C23H25N5O2/c29-22-5-1-2-14-28(22)17-19-8-6-18(7-9-19)15-25-23(30)26-20-10-11-21(24-16-20)27-12-3-4-13-27/h1-2,5-11,14,16H,3-4,12-13,15,17H2,(H2,25,26,30). The average Bonchev–Trinajstić information content (AvgIpc) is 3.30. The first-order valence-electron chi connectivity index (χ1n) is 10.2. The highest BCUT2D eigenvalue weighted by Gasteiger charge is 2.13. The zero-order valence-corrected chi connectivity index (χ0v) is 16.8. The summed E-state index contributed by atoms with van der Waals surface area (Å²) < 4.78 is 1.66. The van der Waals surface area contributed by atoms with Gasteiger partial charge in [0.2, 0.25) is 0 Å². The van der Waals surface area contributed by atoms with E-state index in [9.17, 15) is 9.59 Å². The normalized spacial score (nSPS) is 13.3. The zero-order valence-electron chi connectivity index (χ0n) is 16.8. The van der Waals surface area contributed by atoms with Crippen molar-refractivity contribution in [2.75, 3.05) is 23.3 Å². The van der Waals surface area contributed by atoms with Crippen LogP contribution in [-0.2, 0) is 13.1 Å². The highest BCUT2D eigenvalue weighted by Crippen LogP contribution is 2.19. The molecule has 3 heterocycles. The van der Waals surface area contributed by atoms with Gasteiger partial charge in [0.05, 0.1) is 18.4 Å². The van der Waals surface area contributed by atoms with Crippen molar-refractivity contribution in [2.24, 2.45) is 0 Å².